The number of ether oxygens (including phenoxy) is 6. The number of hydrogen-bond acceptors (Lipinski definition) is 13. The maximum Gasteiger partial charge on any atom is 0.303 e. The molecule has 2 aliphatic carbocycles. The zero-order valence-corrected chi connectivity index (χ0v) is 29.1. The molecule has 0 bridgehead atoms. The van der Waals surface area contributed by atoms with Gasteiger partial charge < -0.3 is 28.4 Å². The zero-order valence-electron chi connectivity index (χ0n) is 29.1. The lowest BCUT2D eigenvalue weighted by Crippen LogP contribution is -2.58. The molecule has 1 saturated carbocycles. The first-order chi connectivity index (χ1) is 21.5. The Balaban J connectivity index is 3.18. The van der Waals surface area contributed by atoms with Gasteiger partial charge in [-0.2, -0.15) is 0 Å². The Labute approximate surface area is 275 Å². The van der Waals surface area contributed by atoms with Gasteiger partial charge >= 0.3 is 29.8 Å². The van der Waals surface area contributed by atoms with Crippen molar-refractivity contribution in [2.45, 2.75) is 118 Å². The van der Waals surface area contributed by atoms with E-state index in [0.29, 0.717) is 0 Å². The highest BCUT2D eigenvalue weighted by Crippen LogP contribution is 2.54. The van der Waals surface area contributed by atoms with Crippen molar-refractivity contribution in [1.29, 1.82) is 0 Å². The molecule has 0 heterocycles. The van der Waals surface area contributed by atoms with E-state index in [0.717, 1.165) is 34.6 Å². The summed E-state index contributed by atoms with van der Waals surface area (Å²) in [6.45, 7) is 19.3. The largest absolute Gasteiger partial charge is 0.458 e. The van der Waals surface area contributed by atoms with Crippen LogP contribution in [0.25, 0.3) is 0 Å². The molecule has 2 aliphatic rings. The van der Waals surface area contributed by atoms with Crippen LogP contribution in [0.5, 0.6) is 0 Å². The van der Waals surface area contributed by atoms with Gasteiger partial charge in [0.05, 0.1) is 12.5 Å². The number of rotatable bonds is 8. The fraction of sp³-hybridized carbons (Fsp3) is 0.676. The molecule has 8 atom stereocenters. The molecule has 47 heavy (non-hydrogen) atoms. The summed E-state index contributed by atoms with van der Waals surface area (Å²) in [5, 5.41) is 0. The summed E-state index contributed by atoms with van der Waals surface area (Å²) in [6, 6.07) is 0. The van der Waals surface area contributed by atoms with Gasteiger partial charge in [-0.1, -0.05) is 39.5 Å². The van der Waals surface area contributed by atoms with E-state index < -0.39 is 101 Å². The fourth-order valence-corrected chi connectivity index (χ4v) is 6.36. The standard InChI is InChI=1S/C34H48O13/c1-17(2)15-42-28-27(44-21(6)36)19(4)26(43-20(5)35)25-31(45-22(7)37)33(12,46-23(8)38)16-34(25,47-24(9)39)29(40)18(3)13-14-32(10,11)30(28)41/h13-14,17-18,25-28,31H,4,15-16H2,1-3,5-12H3. The lowest BCUT2D eigenvalue weighted by Gasteiger charge is -2.42. The van der Waals surface area contributed by atoms with Crippen molar-refractivity contribution < 1.29 is 62.0 Å². The molecule has 0 N–H and O–H groups in total. The quantitative estimate of drug-likeness (QED) is 0.210. The molecule has 8 unspecified atom stereocenters. The number of carbonyl (C=O) groups excluding carboxylic acids is 7. The molecule has 0 saturated heterocycles. The van der Waals surface area contributed by atoms with Crippen LogP contribution in [0.3, 0.4) is 0 Å². The van der Waals surface area contributed by atoms with E-state index in [9.17, 15) is 33.6 Å². The van der Waals surface area contributed by atoms with Crippen molar-refractivity contribution in [2.24, 2.45) is 23.2 Å². The summed E-state index contributed by atoms with van der Waals surface area (Å²) < 4.78 is 34.9. The van der Waals surface area contributed by atoms with Gasteiger partial charge in [-0.05, 0) is 26.7 Å². The molecular formula is C34H48O13. The van der Waals surface area contributed by atoms with Crippen LogP contribution in [0.2, 0.25) is 0 Å². The predicted octanol–water partition coefficient (Wildman–Crippen LogP) is 3.39. The molecule has 0 aromatic rings. The van der Waals surface area contributed by atoms with Crippen LogP contribution in [0, 0.1) is 23.2 Å². The number of esters is 5. The first-order valence-corrected chi connectivity index (χ1v) is 15.5. The third kappa shape index (κ3) is 8.94. The molecule has 0 aromatic heterocycles. The van der Waals surface area contributed by atoms with Crippen LogP contribution >= 0.6 is 0 Å². The van der Waals surface area contributed by atoms with Crippen molar-refractivity contribution in [3.05, 3.63) is 24.3 Å². The van der Waals surface area contributed by atoms with Crippen LogP contribution in [0.4, 0.5) is 0 Å². The van der Waals surface area contributed by atoms with Crippen LogP contribution < -0.4 is 0 Å². The summed E-state index contributed by atoms with van der Waals surface area (Å²) in [7, 11) is 0. The SMILES string of the molecule is C=C1C(OC(C)=O)C(OCC(C)C)C(=O)C(C)(C)C=CC(C)C(=O)C2(OC(C)=O)CC(C)(OC(C)=O)C(OC(C)=O)C2C1OC(C)=O. The second-order valence-corrected chi connectivity index (χ2v) is 13.5. The number of hydrogen-bond donors (Lipinski definition) is 0. The van der Waals surface area contributed by atoms with Gasteiger partial charge in [0.15, 0.2) is 41.1 Å². The Hall–Kier alpha value is -3.87. The Morgan fingerprint density at radius 1 is 0.787 bits per heavy atom. The highest BCUT2D eigenvalue weighted by molar-refractivity contribution is 5.95. The van der Waals surface area contributed by atoms with Crippen LogP contribution in [0.1, 0.15) is 82.6 Å². The summed E-state index contributed by atoms with van der Waals surface area (Å²) in [4.78, 5) is 92.1. The number of fused-ring (bicyclic) bond motifs is 1. The van der Waals surface area contributed by atoms with E-state index >= 15 is 0 Å². The van der Waals surface area contributed by atoms with Gasteiger partial charge in [0.2, 0.25) is 0 Å². The number of allylic oxidation sites excluding steroid dienone is 2. The van der Waals surface area contributed by atoms with Crippen molar-refractivity contribution in [3.63, 3.8) is 0 Å². The second-order valence-electron chi connectivity index (χ2n) is 13.5. The van der Waals surface area contributed by atoms with Crippen LogP contribution in [-0.2, 0) is 62.0 Å². The zero-order chi connectivity index (χ0) is 36.2. The Morgan fingerprint density at radius 2 is 1.30 bits per heavy atom. The summed E-state index contributed by atoms with van der Waals surface area (Å²) in [5.41, 5.74) is -5.63. The lowest BCUT2D eigenvalue weighted by atomic mass is 9.72. The van der Waals surface area contributed by atoms with E-state index in [1.54, 1.807) is 13.8 Å². The second kappa shape index (κ2) is 14.9. The van der Waals surface area contributed by atoms with Crippen molar-refractivity contribution in [2.75, 3.05) is 6.61 Å². The first kappa shape index (κ1) is 39.3. The average Bonchev–Trinajstić information content (AvgIpc) is 3.13. The maximum absolute atomic E-state index is 14.7. The molecule has 1 fully saturated rings. The van der Waals surface area contributed by atoms with Gasteiger partial charge in [0.25, 0.3) is 0 Å². The molecule has 0 radical (unpaired) electrons. The fourth-order valence-electron chi connectivity index (χ4n) is 6.36. The molecule has 13 heteroatoms. The minimum Gasteiger partial charge on any atom is -0.458 e. The molecule has 0 aliphatic heterocycles. The Morgan fingerprint density at radius 3 is 1.77 bits per heavy atom. The number of carbonyl (C=O) groups is 7. The molecule has 0 amide bonds. The van der Waals surface area contributed by atoms with Gasteiger partial charge in [0.1, 0.15) is 6.10 Å². The third-order valence-electron chi connectivity index (χ3n) is 8.13. The molecule has 13 nitrogen and oxygen atoms in total. The van der Waals surface area contributed by atoms with Crippen molar-refractivity contribution in [3.8, 4) is 0 Å². The van der Waals surface area contributed by atoms with E-state index in [4.69, 9.17) is 28.4 Å². The highest BCUT2D eigenvalue weighted by Gasteiger charge is 2.72. The molecule has 262 valence electrons. The van der Waals surface area contributed by atoms with Crippen molar-refractivity contribution in [1.82, 2.24) is 0 Å². The monoisotopic (exact) mass is 664 g/mol. The van der Waals surface area contributed by atoms with E-state index in [2.05, 4.69) is 6.58 Å². The lowest BCUT2D eigenvalue weighted by molar-refractivity contribution is -0.190. The normalized spacial score (nSPS) is 32.4. The summed E-state index contributed by atoms with van der Waals surface area (Å²) in [6.07, 6.45) is -3.99. The Kier molecular flexibility index (Phi) is 12.5. The molecule has 0 spiro atoms. The smallest absolute Gasteiger partial charge is 0.303 e. The first-order valence-electron chi connectivity index (χ1n) is 15.5. The highest BCUT2D eigenvalue weighted by atomic mass is 16.6. The average molecular weight is 665 g/mol. The van der Waals surface area contributed by atoms with Gasteiger partial charge in [-0.25, -0.2) is 0 Å². The van der Waals surface area contributed by atoms with Gasteiger partial charge in [0, 0.05) is 57.9 Å². The van der Waals surface area contributed by atoms with E-state index in [-0.39, 0.29) is 18.1 Å². The van der Waals surface area contributed by atoms with E-state index in [1.807, 2.05) is 13.8 Å². The number of ketones is 2. The van der Waals surface area contributed by atoms with Crippen molar-refractivity contribution >= 4 is 41.4 Å². The summed E-state index contributed by atoms with van der Waals surface area (Å²) in [5.74, 6) is -8.35. The minimum atomic E-state index is -2.27. The van der Waals surface area contributed by atoms with Gasteiger partial charge in [-0.3, -0.25) is 33.6 Å². The third-order valence-corrected chi connectivity index (χ3v) is 8.13. The minimum absolute atomic E-state index is 0.0514. The van der Waals surface area contributed by atoms with E-state index in [1.165, 1.54) is 26.0 Å². The predicted molar refractivity (Wildman–Crippen MR) is 165 cm³/mol. The topological polar surface area (TPSA) is 175 Å². The maximum atomic E-state index is 14.7. The van der Waals surface area contributed by atoms with Crippen LogP contribution in [0.15, 0.2) is 24.3 Å². The van der Waals surface area contributed by atoms with Crippen LogP contribution in [-0.4, -0.2) is 83.6 Å². The molecular weight excluding hydrogens is 616 g/mol. The summed E-state index contributed by atoms with van der Waals surface area (Å²) >= 11 is 0. The Bertz CT molecular complexity index is 1330. The molecule has 2 rings (SSSR count). The van der Waals surface area contributed by atoms with Gasteiger partial charge in [-0.15, -0.1) is 0 Å². The number of Topliss-reactive ketones (excluding diaryl/α,β-unsaturated/α-hetero) is 2. The molecule has 0 aromatic carbocycles.